The van der Waals surface area contributed by atoms with E-state index in [9.17, 15) is 4.79 Å². The van der Waals surface area contributed by atoms with Gasteiger partial charge in [0.1, 0.15) is 0 Å². The molecule has 19 heavy (non-hydrogen) atoms. The van der Waals surface area contributed by atoms with Gasteiger partial charge >= 0.3 is 0 Å². The zero-order chi connectivity index (χ0) is 13.7. The molecule has 1 aliphatic carbocycles. The van der Waals surface area contributed by atoms with Crippen LogP contribution in [0.15, 0.2) is 23.8 Å². The number of nitrogens with zero attached hydrogens (tertiary/aromatic N) is 1. The van der Waals surface area contributed by atoms with Gasteiger partial charge < -0.3 is 20.1 Å². The van der Waals surface area contributed by atoms with Crippen molar-refractivity contribution in [3.63, 3.8) is 0 Å². The van der Waals surface area contributed by atoms with Crippen molar-refractivity contribution in [1.82, 2.24) is 4.90 Å². The van der Waals surface area contributed by atoms with E-state index in [1.54, 1.807) is 0 Å². The highest BCUT2D eigenvalue weighted by atomic mass is 31.1. The molecule has 1 saturated heterocycles. The van der Waals surface area contributed by atoms with Gasteiger partial charge in [0.25, 0.3) is 0 Å². The number of rotatable bonds is 5. The van der Waals surface area contributed by atoms with Gasteiger partial charge in [-0.25, -0.2) is 0 Å². The van der Waals surface area contributed by atoms with Crippen molar-refractivity contribution in [3.05, 3.63) is 23.8 Å². The largest absolute Gasteiger partial charge is 0.352 e. The number of carbonyl (C=O) groups excluding carboxylic acids is 1. The summed E-state index contributed by atoms with van der Waals surface area (Å²) in [5, 5.41) is 0. The number of nitrogens with two attached hydrogens (primary N) is 1. The van der Waals surface area contributed by atoms with E-state index in [2.05, 4.69) is 0 Å². The van der Waals surface area contributed by atoms with Gasteiger partial charge in [0.15, 0.2) is 9.03 Å². The van der Waals surface area contributed by atoms with Crippen molar-refractivity contribution in [2.45, 2.75) is 37.8 Å². The quantitative estimate of drug-likeness (QED) is 0.741. The molecule has 1 heterocycles. The Kier molecular flexibility index (Phi) is 5.52. The monoisotopic (exact) mass is 284 g/mol. The molecule has 1 fully saturated rings. The molecule has 0 saturated carbocycles. The number of hydrogen-bond acceptors (Lipinski definition) is 4. The Balaban J connectivity index is 1.81. The Bertz CT molecular complexity index is 378. The summed E-state index contributed by atoms with van der Waals surface area (Å²) in [7, 11) is -0.490. The lowest BCUT2D eigenvalue weighted by Crippen LogP contribution is -2.42. The number of likely N-dealkylation sites (tertiary alicyclic amines) is 1. The van der Waals surface area contributed by atoms with Crippen LogP contribution < -0.4 is 5.73 Å². The third-order valence-electron chi connectivity index (χ3n) is 3.53. The number of amides is 1. The van der Waals surface area contributed by atoms with Crippen LogP contribution in [-0.2, 0) is 9.32 Å². The highest BCUT2D eigenvalue weighted by Gasteiger charge is 2.24. The third kappa shape index (κ3) is 4.11. The van der Waals surface area contributed by atoms with Gasteiger partial charge in [-0.1, -0.05) is 23.8 Å². The van der Waals surface area contributed by atoms with Crippen molar-refractivity contribution in [2.75, 3.05) is 13.1 Å². The number of carbonyl (C=O) groups is 1. The molecule has 2 aliphatic rings. The summed E-state index contributed by atoms with van der Waals surface area (Å²) in [5.74, 6) is 0.0574. The number of allylic oxidation sites excluding steroid dienone is 1. The van der Waals surface area contributed by atoms with Crippen LogP contribution >= 0.6 is 9.03 Å². The Morgan fingerprint density at radius 3 is 2.89 bits per heavy atom. The fraction of sp³-hybridized carbons (Fsp3) is 0.615. The molecule has 2 unspecified atom stereocenters. The van der Waals surface area contributed by atoms with Gasteiger partial charge in [-0.3, -0.25) is 4.79 Å². The first-order chi connectivity index (χ1) is 9.20. The van der Waals surface area contributed by atoms with E-state index in [1.807, 2.05) is 23.1 Å². The van der Waals surface area contributed by atoms with Crippen molar-refractivity contribution < 1.29 is 14.2 Å². The molecule has 0 aromatic heterocycles. The Morgan fingerprint density at radius 1 is 1.58 bits per heavy atom. The van der Waals surface area contributed by atoms with Crippen LogP contribution in [0.1, 0.15) is 25.7 Å². The first-order valence-corrected chi connectivity index (χ1v) is 7.52. The summed E-state index contributed by atoms with van der Waals surface area (Å²) < 4.78 is 5.11. The summed E-state index contributed by atoms with van der Waals surface area (Å²) in [6.45, 7) is 1.68. The van der Waals surface area contributed by atoms with Crippen LogP contribution in [0.2, 0.25) is 0 Å². The van der Waals surface area contributed by atoms with Gasteiger partial charge in [-0.15, -0.1) is 0 Å². The molecule has 3 N–H and O–H groups in total. The van der Waals surface area contributed by atoms with E-state index in [0.717, 1.165) is 37.9 Å². The second kappa shape index (κ2) is 7.15. The first-order valence-electron chi connectivity index (χ1n) is 6.67. The van der Waals surface area contributed by atoms with Crippen molar-refractivity contribution in [2.24, 2.45) is 5.73 Å². The predicted molar refractivity (Wildman–Crippen MR) is 75.7 cm³/mol. The van der Waals surface area contributed by atoms with Gasteiger partial charge in [0, 0.05) is 13.1 Å². The van der Waals surface area contributed by atoms with Gasteiger partial charge in [-0.2, -0.15) is 0 Å². The third-order valence-corrected chi connectivity index (χ3v) is 3.94. The molecule has 0 radical (unpaired) electrons. The van der Waals surface area contributed by atoms with E-state index in [0.29, 0.717) is 6.42 Å². The van der Waals surface area contributed by atoms with Crippen LogP contribution in [-0.4, -0.2) is 40.9 Å². The maximum absolute atomic E-state index is 12.1. The lowest BCUT2D eigenvalue weighted by atomic mass is 9.98. The van der Waals surface area contributed by atoms with E-state index >= 15 is 0 Å². The molecule has 0 aromatic carbocycles. The Hall–Kier alpha value is -0.740. The van der Waals surface area contributed by atoms with Gasteiger partial charge in [-0.05, 0) is 25.7 Å². The molecule has 0 spiro atoms. The second-order valence-electron chi connectivity index (χ2n) is 4.96. The van der Waals surface area contributed by atoms with Crippen LogP contribution in [0.5, 0.6) is 0 Å². The maximum atomic E-state index is 12.1. The SMILES string of the molecule is N[C@@H](CC1=CCC(OPO)C=C1)C(=O)N1CCCC1. The standard InChI is InChI=1S/C13H21N2O3P/c14-12(13(16)15-7-1-2-8-15)9-10-3-5-11(6-4-10)18-19-17/h3-5,11-12,17,19H,1-2,6-9,14H2/t11?,12-/m0/s1. The summed E-state index contributed by atoms with van der Waals surface area (Å²) in [4.78, 5) is 22.6. The molecular weight excluding hydrogens is 263 g/mol. The van der Waals surface area contributed by atoms with Crippen LogP contribution in [0, 0.1) is 0 Å². The molecular formula is C13H21N2O3P. The fourth-order valence-electron chi connectivity index (χ4n) is 2.46. The molecule has 5 nitrogen and oxygen atoms in total. The van der Waals surface area contributed by atoms with Crippen LogP contribution in [0.25, 0.3) is 0 Å². The minimum absolute atomic E-state index is 0.0574. The number of hydrogen-bond donors (Lipinski definition) is 2. The zero-order valence-corrected chi connectivity index (χ0v) is 11.9. The Morgan fingerprint density at radius 2 is 2.32 bits per heavy atom. The van der Waals surface area contributed by atoms with E-state index in [-0.39, 0.29) is 12.0 Å². The molecule has 0 aromatic rings. The zero-order valence-electron chi connectivity index (χ0n) is 10.9. The van der Waals surface area contributed by atoms with E-state index in [4.69, 9.17) is 15.2 Å². The maximum Gasteiger partial charge on any atom is 0.239 e. The molecule has 3 atom stereocenters. The second-order valence-corrected chi connectivity index (χ2v) is 5.38. The summed E-state index contributed by atoms with van der Waals surface area (Å²) in [5.41, 5.74) is 7.06. The summed E-state index contributed by atoms with van der Waals surface area (Å²) in [6, 6.07) is -0.453. The topological polar surface area (TPSA) is 75.8 Å². The van der Waals surface area contributed by atoms with Crippen LogP contribution in [0.4, 0.5) is 0 Å². The average molecular weight is 284 g/mol. The van der Waals surface area contributed by atoms with Crippen molar-refractivity contribution in [3.8, 4) is 0 Å². The molecule has 1 aliphatic heterocycles. The highest BCUT2D eigenvalue weighted by Crippen LogP contribution is 2.22. The average Bonchev–Trinajstić information content (AvgIpc) is 2.94. The fourth-order valence-corrected chi connectivity index (χ4v) is 2.77. The van der Waals surface area contributed by atoms with Gasteiger partial charge in [0.05, 0.1) is 12.1 Å². The summed E-state index contributed by atoms with van der Waals surface area (Å²) in [6.07, 6.45) is 9.28. The van der Waals surface area contributed by atoms with E-state index < -0.39 is 15.1 Å². The van der Waals surface area contributed by atoms with Crippen molar-refractivity contribution in [1.29, 1.82) is 0 Å². The Labute approximate surface area is 115 Å². The highest BCUT2D eigenvalue weighted by molar-refractivity contribution is 7.25. The molecule has 1 amide bonds. The normalized spacial score (nSPS) is 25.1. The molecule has 106 valence electrons. The minimum atomic E-state index is -0.490. The molecule has 6 heteroatoms. The van der Waals surface area contributed by atoms with Crippen molar-refractivity contribution >= 4 is 14.9 Å². The lowest BCUT2D eigenvalue weighted by molar-refractivity contribution is -0.131. The molecule has 0 bridgehead atoms. The first kappa shape index (κ1) is 14.7. The summed E-state index contributed by atoms with van der Waals surface area (Å²) >= 11 is 0. The predicted octanol–water partition coefficient (Wildman–Crippen LogP) is 1.10. The minimum Gasteiger partial charge on any atom is -0.352 e. The smallest absolute Gasteiger partial charge is 0.239 e. The van der Waals surface area contributed by atoms with Gasteiger partial charge in [0.2, 0.25) is 5.91 Å². The van der Waals surface area contributed by atoms with E-state index in [1.165, 1.54) is 0 Å². The molecule has 2 rings (SSSR count). The van der Waals surface area contributed by atoms with Crippen LogP contribution in [0.3, 0.4) is 0 Å². The lowest BCUT2D eigenvalue weighted by Gasteiger charge is -2.22.